The van der Waals surface area contributed by atoms with Crippen LogP contribution in [-0.4, -0.2) is 16.7 Å². The van der Waals surface area contributed by atoms with Gasteiger partial charge in [0, 0.05) is 18.3 Å². The highest BCUT2D eigenvalue weighted by Gasteiger charge is 2.49. The second kappa shape index (κ2) is 5.84. The summed E-state index contributed by atoms with van der Waals surface area (Å²) in [6, 6.07) is 5.45. The van der Waals surface area contributed by atoms with Crippen molar-refractivity contribution in [3.8, 4) is 5.75 Å². The van der Waals surface area contributed by atoms with E-state index in [0.717, 1.165) is 24.8 Å². The van der Waals surface area contributed by atoms with Crippen LogP contribution in [0.2, 0.25) is 0 Å². The number of phenols is 1. The number of ketones is 2. The maximum absolute atomic E-state index is 11.9. The number of aromatic hydroxyl groups is 1. The van der Waals surface area contributed by atoms with Crippen LogP contribution in [0.3, 0.4) is 0 Å². The van der Waals surface area contributed by atoms with E-state index in [1.165, 1.54) is 5.56 Å². The molecule has 1 fully saturated rings. The third-order valence-corrected chi connectivity index (χ3v) is 5.02. The summed E-state index contributed by atoms with van der Waals surface area (Å²) in [5.41, 5.74) is 2.12. The number of hydrogen-bond donors (Lipinski definition) is 1. The van der Waals surface area contributed by atoms with E-state index in [-0.39, 0.29) is 28.6 Å². The van der Waals surface area contributed by atoms with Crippen molar-refractivity contribution in [3.05, 3.63) is 42.5 Å². The molecule has 2 aliphatic carbocycles. The number of rotatable bonds is 1. The molecule has 3 rings (SSSR count). The first kappa shape index (κ1) is 15.5. The van der Waals surface area contributed by atoms with Gasteiger partial charge in [0.15, 0.2) is 11.6 Å². The van der Waals surface area contributed by atoms with Gasteiger partial charge in [0.05, 0.1) is 0 Å². The molecule has 0 aliphatic heterocycles. The van der Waals surface area contributed by atoms with E-state index in [1.54, 1.807) is 6.07 Å². The van der Waals surface area contributed by atoms with Gasteiger partial charge in [-0.2, -0.15) is 0 Å². The maximum atomic E-state index is 11.9. The van der Waals surface area contributed by atoms with Gasteiger partial charge in [0.2, 0.25) is 0 Å². The highest BCUT2D eigenvalue weighted by molar-refractivity contribution is 6.38. The van der Waals surface area contributed by atoms with Crippen molar-refractivity contribution < 1.29 is 14.7 Å². The van der Waals surface area contributed by atoms with Crippen LogP contribution >= 0.6 is 0 Å². The van der Waals surface area contributed by atoms with Crippen molar-refractivity contribution >= 4 is 11.6 Å². The molecule has 0 heterocycles. The molecule has 1 aromatic carbocycles. The molecule has 2 atom stereocenters. The third-order valence-electron chi connectivity index (χ3n) is 5.02. The van der Waals surface area contributed by atoms with Crippen molar-refractivity contribution in [2.24, 2.45) is 5.92 Å². The lowest BCUT2D eigenvalue weighted by Crippen LogP contribution is -2.47. The van der Waals surface area contributed by atoms with E-state index in [9.17, 15) is 14.7 Å². The normalized spacial score (nSPS) is 27.2. The first-order chi connectivity index (χ1) is 10.1. The van der Waals surface area contributed by atoms with Crippen LogP contribution in [0.5, 0.6) is 5.75 Å². The average Bonchev–Trinajstić information content (AvgIpc) is 2.50. The van der Waals surface area contributed by atoms with Gasteiger partial charge in [0.25, 0.3) is 0 Å². The van der Waals surface area contributed by atoms with Gasteiger partial charge in [-0.15, -0.1) is 13.2 Å². The van der Waals surface area contributed by atoms with Gasteiger partial charge in [-0.05, 0) is 48.4 Å². The third kappa shape index (κ3) is 2.41. The van der Waals surface area contributed by atoms with E-state index in [2.05, 4.69) is 20.1 Å². The largest absolute Gasteiger partial charge is 0.508 e. The monoisotopic (exact) mass is 286 g/mol. The minimum absolute atomic E-state index is 0.188. The lowest BCUT2D eigenvalue weighted by Gasteiger charge is -2.47. The molecule has 1 aromatic rings. The summed E-state index contributed by atoms with van der Waals surface area (Å²) in [7, 11) is 0. The summed E-state index contributed by atoms with van der Waals surface area (Å²) in [5.74, 6) is 0.136. The van der Waals surface area contributed by atoms with Crippen LogP contribution in [0.1, 0.15) is 43.7 Å². The van der Waals surface area contributed by atoms with E-state index in [0.29, 0.717) is 12.8 Å². The molecule has 0 saturated heterocycles. The summed E-state index contributed by atoms with van der Waals surface area (Å²) >= 11 is 0. The van der Waals surface area contributed by atoms with Crippen LogP contribution in [0.15, 0.2) is 31.4 Å². The molecule has 0 unspecified atom stereocenters. The topological polar surface area (TPSA) is 54.4 Å². The van der Waals surface area contributed by atoms with Crippen LogP contribution < -0.4 is 0 Å². The molecule has 0 amide bonds. The average molecular weight is 286 g/mol. The molecular weight excluding hydrogens is 264 g/mol. The molecule has 1 saturated carbocycles. The van der Waals surface area contributed by atoms with Crippen molar-refractivity contribution in [2.75, 3.05) is 0 Å². The summed E-state index contributed by atoms with van der Waals surface area (Å²) in [6.07, 6.45) is 3.42. The van der Waals surface area contributed by atoms with Gasteiger partial charge in [-0.25, -0.2) is 0 Å². The zero-order chi connectivity index (χ0) is 15.6. The van der Waals surface area contributed by atoms with Gasteiger partial charge in [0.1, 0.15) is 5.75 Å². The lowest BCUT2D eigenvalue weighted by molar-refractivity contribution is -0.141. The molecule has 0 aromatic heterocycles. The molecule has 3 nitrogen and oxygen atoms in total. The number of aryl methyl sites for hydroxylation is 1. The van der Waals surface area contributed by atoms with Crippen LogP contribution in [0.25, 0.3) is 0 Å². The molecule has 3 heteroatoms. The predicted molar refractivity (Wildman–Crippen MR) is 82.4 cm³/mol. The first-order valence-corrected chi connectivity index (χ1v) is 7.45. The van der Waals surface area contributed by atoms with E-state index in [1.807, 2.05) is 12.1 Å². The lowest BCUT2D eigenvalue weighted by atomic mass is 9.55. The van der Waals surface area contributed by atoms with Crippen molar-refractivity contribution in [2.45, 2.75) is 44.4 Å². The van der Waals surface area contributed by atoms with Gasteiger partial charge >= 0.3 is 0 Å². The van der Waals surface area contributed by atoms with E-state index in [4.69, 9.17) is 0 Å². The second-order valence-electron chi connectivity index (χ2n) is 5.81. The van der Waals surface area contributed by atoms with E-state index >= 15 is 0 Å². The van der Waals surface area contributed by atoms with Crippen LogP contribution in [0, 0.1) is 5.92 Å². The van der Waals surface area contributed by atoms with Crippen LogP contribution in [-0.2, 0) is 21.4 Å². The zero-order valence-electron chi connectivity index (χ0n) is 12.5. The standard InChI is InChI=1S/C16H18O3.C2H4/c1-2-16-9-15(19)14(18)8-11(16)4-3-10-7-12(17)5-6-13(10)16;1-2/h5-7,11,17H,2-4,8-9H2,1H3;1-2H2/t11-,16-;/m1./s1. The number of Topliss-reactive ketones (excluding diaryl/α,β-unsaturated/α-hetero) is 2. The van der Waals surface area contributed by atoms with E-state index < -0.39 is 0 Å². The summed E-state index contributed by atoms with van der Waals surface area (Å²) in [5, 5.41) is 9.61. The van der Waals surface area contributed by atoms with Gasteiger partial charge in [-0.3, -0.25) is 9.59 Å². The minimum atomic E-state index is -0.223. The fourth-order valence-corrected chi connectivity index (χ4v) is 3.96. The highest BCUT2D eigenvalue weighted by atomic mass is 16.3. The van der Waals surface area contributed by atoms with Crippen molar-refractivity contribution in [1.82, 2.24) is 0 Å². The Morgan fingerprint density at radius 1 is 1.29 bits per heavy atom. The zero-order valence-corrected chi connectivity index (χ0v) is 12.5. The molecule has 0 bridgehead atoms. The molecule has 0 spiro atoms. The van der Waals surface area contributed by atoms with Gasteiger partial charge < -0.3 is 5.11 Å². The number of hydrogen-bond acceptors (Lipinski definition) is 3. The number of carbonyl (C=O) groups excluding carboxylic acids is 2. The Morgan fingerprint density at radius 3 is 2.67 bits per heavy atom. The quantitative estimate of drug-likeness (QED) is 0.636. The number of fused-ring (bicyclic) bond motifs is 3. The number of phenolic OH excluding ortho intramolecular Hbond substituents is 1. The first-order valence-electron chi connectivity index (χ1n) is 7.45. The molecule has 1 N–H and O–H groups in total. The van der Waals surface area contributed by atoms with Crippen molar-refractivity contribution in [1.29, 1.82) is 0 Å². The molecular formula is C18H22O3. The highest BCUT2D eigenvalue weighted by Crippen LogP contribution is 2.50. The van der Waals surface area contributed by atoms with Gasteiger partial charge in [-0.1, -0.05) is 13.0 Å². The Kier molecular flexibility index (Phi) is 4.31. The van der Waals surface area contributed by atoms with Crippen molar-refractivity contribution in [3.63, 3.8) is 0 Å². The fraction of sp³-hybridized carbons (Fsp3) is 0.444. The Labute approximate surface area is 125 Å². The molecule has 0 radical (unpaired) electrons. The van der Waals surface area contributed by atoms with Crippen LogP contribution in [0.4, 0.5) is 0 Å². The molecule has 2 aliphatic rings. The summed E-state index contributed by atoms with van der Waals surface area (Å²) < 4.78 is 0. The number of carbonyl (C=O) groups is 2. The number of benzene rings is 1. The Balaban J connectivity index is 0.000000774. The minimum Gasteiger partial charge on any atom is -0.508 e. The maximum Gasteiger partial charge on any atom is 0.199 e. The summed E-state index contributed by atoms with van der Waals surface area (Å²) in [6.45, 7) is 8.10. The Hall–Kier alpha value is -1.90. The molecule has 21 heavy (non-hydrogen) atoms. The summed E-state index contributed by atoms with van der Waals surface area (Å²) in [4.78, 5) is 23.6. The SMILES string of the molecule is C=C.CC[C@@]12CC(=O)C(=O)C[C@H]1CCc1cc(O)ccc12. The molecule has 112 valence electrons. The Morgan fingerprint density at radius 2 is 2.00 bits per heavy atom. The predicted octanol–water partition coefficient (Wildman–Crippen LogP) is 3.34. The fourth-order valence-electron chi connectivity index (χ4n) is 3.96. The second-order valence-corrected chi connectivity index (χ2v) is 5.81. The smallest absolute Gasteiger partial charge is 0.199 e. The Bertz CT molecular complexity index is 576.